The zero-order valence-corrected chi connectivity index (χ0v) is 13.2. The number of rotatable bonds is 2. The van der Waals surface area contributed by atoms with Crippen molar-refractivity contribution in [2.75, 3.05) is 23.7 Å². The van der Waals surface area contributed by atoms with Gasteiger partial charge in [-0.25, -0.2) is 0 Å². The molecule has 1 aliphatic heterocycles. The monoisotopic (exact) mass is 286 g/mol. The topological polar surface area (TPSA) is 58.0 Å². The minimum atomic E-state index is 0.458. The summed E-state index contributed by atoms with van der Waals surface area (Å²) in [4.78, 5) is 2.42. The van der Waals surface area contributed by atoms with Crippen molar-refractivity contribution < 1.29 is 0 Å². The van der Waals surface area contributed by atoms with Crippen LogP contribution in [-0.2, 0) is 0 Å². The Kier molecular flexibility index (Phi) is 3.84. The van der Waals surface area contributed by atoms with E-state index in [0.717, 1.165) is 30.3 Å². The van der Waals surface area contributed by atoms with E-state index in [2.05, 4.69) is 29.4 Å². The quantitative estimate of drug-likeness (QED) is 0.904. The van der Waals surface area contributed by atoms with Gasteiger partial charge in [-0.05, 0) is 37.2 Å². The first-order valence-electron chi connectivity index (χ1n) is 8.26. The molecule has 0 radical (unpaired) electrons. The molecule has 1 aromatic rings. The van der Waals surface area contributed by atoms with E-state index in [9.17, 15) is 5.26 Å². The van der Waals surface area contributed by atoms with Crippen molar-refractivity contribution >= 4 is 11.5 Å². The highest BCUT2D eigenvalue weighted by Gasteiger charge is 2.30. The van der Waals surface area contributed by atoms with Gasteiger partial charge in [-0.15, -0.1) is 0 Å². The second-order valence-corrected chi connectivity index (χ2v) is 7.08. The predicted molar refractivity (Wildman–Crippen MR) is 86.2 cm³/mol. The molecule has 2 heterocycles. The van der Waals surface area contributed by atoms with E-state index >= 15 is 0 Å². The summed E-state index contributed by atoms with van der Waals surface area (Å²) in [6.07, 6.45) is 6.16. The van der Waals surface area contributed by atoms with Gasteiger partial charge in [0.25, 0.3) is 0 Å². The summed E-state index contributed by atoms with van der Waals surface area (Å²) < 4.78 is 2.24. The Morgan fingerprint density at radius 3 is 2.38 bits per heavy atom. The van der Waals surface area contributed by atoms with E-state index in [1.807, 2.05) is 6.07 Å². The summed E-state index contributed by atoms with van der Waals surface area (Å²) >= 11 is 0. The molecule has 2 fully saturated rings. The molecular formula is C17H26N4. The highest BCUT2D eigenvalue weighted by atomic mass is 15.3. The maximum absolute atomic E-state index is 9.47. The third-order valence-corrected chi connectivity index (χ3v) is 5.01. The van der Waals surface area contributed by atoms with Crippen LogP contribution in [0.25, 0.3) is 0 Å². The molecule has 2 atom stereocenters. The number of hydrogen-bond acceptors (Lipinski definition) is 3. The van der Waals surface area contributed by atoms with Crippen molar-refractivity contribution in [3.8, 4) is 6.07 Å². The third kappa shape index (κ3) is 2.62. The van der Waals surface area contributed by atoms with Crippen LogP contribution in [0.15, 0.2) is 6.07 Å². The first-order chi connectivity index (χ1) is 10.1. The molecule has 114 valence electrons. The van der Waals surface area contributed by atoms with Crippen LogP contribution in [0.3, 0.4) is 0 Å². The van der Waals surface area contributed by atoms with Crippen LogP contribution in [0.5, 0.6) is 0 Å². The number of aromatic nitrogens is 1. The first-order valence-corrected chi connectivity index (χ1v) is 8.26. The molecule has 0 aromatic carbocycles. The SMILES string of the molecule is C[C@H]1C[C@H](C)CN(c2c(N)cc(C#N)n2C2CCCC2)C1. The maximum atomic E-state index is 9.47. The zero-order chi connectivity index (χ0) is 15.0. The fourth-order valence-corrected chi connectivity index (χ4v) is 4.32. The number of nitrogens with two attached hydrogens (primary N) is 1. The molecule has 1 saturated heterocycles. The van der Waals surface area contributed by atoms with Crippen molar-refractivity contribution in [1.29, 1.82) is 5.26 Å². The van der Waals surface area contributed by atoms with Crippen LogP contribution < -0.4 is 10.6 Å². The van der Waals surface area contributed by atoms with Crippen LogP contribution in [0.4, 0.5) is 11.5 Å². The molecule has 4 heteroatoms. The molecule has 4 nitrogen and oxygen atoms in total. The zero-order valence-electron chi connectivity index (χ0n) is 13.2. The maximum Gasteiger partial charge on any atom is 0.133 e. The van der Waals surface area contributed by atoms with Gasteiger partial charge in [0, 0.05) is 19.1 Å². The summed E-state index contributed by atoms with van der Waals surface area (Å²) in [6, 6.07) is 4.68. The minimum absolute atomic E-state index is 0.458. The van der Waals surface area contributed by atoms with Crippen LogP contribution >= 0.6 is 0 Å². The smallest absolute Gasteiger partial charge is 0.133 e. The summed E-state index contributed by atoms with van der Waals surface area (Å²) in [5, 5.41) is 9.47. The van der Waals surface area contributed by atoms with E-state index in [-0.39, 0.29) is 0 Å². The number of nitrogens with zero attached hydrogens (tertiary/aromatic N) is 3. The molecular weight excluding hydrogens is 260 g/mol. The lowest BCUT2D eigenvalue weighted by molar-refractivity contribution is 0.350. The standard InChI is InChI=1S/C17H26N4/c1-12-7-13(2)11-20(10-12)17-16(19)8-15(9-18)21(17)14-5-3-4-6-14/h8,12-14H,3-7,10-11,19H2,1-2H3/t12-,13-/m0/s1. The second kappa shape index (κ2) is 5.63. The van der Waals surface area contributed by atoms with Crippen molar-refractivity contribution in [1.82, 2.24) is 4.57 Å². The van der Waals surface area contributed by atoms with E-state index < -0.39 is 0 Å². The van der Waals surface area contributed by atoms with Gasteiger partial charge in [0.15, 0.2) is 0 Å². The van der Waals surface area contributed by atoms with Crippen LogP contribution in [-0.4, -0.2) is 17.7 Å². The molecule has 0 bridgehead atoms. The van der Waals surface area contributed by atoms with E-state index in [4.69, 9.17) is 5.73 Å². The Morgan fingerprint density at radius 1 is 1.19 bits per heavy atom. The summed E-state index contributed by atoms with van der Waals surface area (Å²) in [7, 11) is 0. The lowest BCUT2D eigenvalue weighted by Gasteiger charge is -2.38. The van der Waals surface area contributed by atoms with Crippen molar-refractivity contribution in [2.45, 2.75) is 52.0 Å². The fraction of sp³-hybridized carbons (Fsp3) is 0.706. The van der Waals surface area contributed by atoms with Gasteiger partial charge in [0.1, 0.15) is 17.6 Å². The molecule has 0 amide bonds. The van der Waals surface area contributed by atoms with Crippen LogP contribution in [0.2, 0.25) is 0 Å². The van der Waals surface area contributed by atoms with Gasteiger partial charge in [-0.2, -0.15) is 5.26 Å². The highest BCUT2D eigenvalue weighted by Crippen LogP contribution is 2.40. The molecule has 2 N–H and O–H groups in total. The molecule has 0 unspecified atom stereocenters. The number of nitrogen functional groups attached to an aromatic ring is 1. The Morgan fingerprint density at radius 2 is 1.81 bits per heavy atom. The number of hydrogen-bond donors (Lipinski definition) is 1. The van der Waals surface area contributed by atoms with Gasteiger partial charge in [0.2, 0.25) is 0 Å². The lowest BCUT2D eigenvalue weighted by atomic mass is 9.92. The van der Waals surface area contributed by atoms with E-state index in [1.165, 1.54) is 32.1 Å². The molecule has 3 rings (SSSR count). The summed E-state index contributed by atoms with van der Waals surface area (Å²) in [5.74, 6) is 2.48. The normalized spacial score (nSPS) is 27.0. The Balaban J connectivity index is 2.00. The number of piperidine rings is 1. The minimum Gasteiger partial charge on any atom is -0.396 e. The van der Waals surface area contributed by atoms with Gasteiger partial charge in [-0.1, -0.05) is 26.7 Å². The highest BCUT2D eigenvalue weighted by molar-refractivity contribution is 5.68. The average Bonchev–Trinajstić information content (AvgIpc) is 3.03. The Labute approximate surface area is 127 Å². The fourth-order valence-electron chi connectivity index (χ4n) is 4.32. The van der Waals surface area contributed by atoms with Crippen LogP contribution in [0.1, 0.15) is 57.7 Å². The van der Waals surface area contributed by atoms with Crippen molar-refractivity contribution in [3.05, 3.63) is 11.8 Å². The molecule has 0 spiro atoms. The lowest BCUT2D eigenvalue weighted by Crippen LogP contribution is -2.40. The molecule has 21 heavy (non-hydrogen) atoms. The second-order valence-electron chi connectivity index (χ2n) is 7.08. The predicted octanol–water partition coefficient (Wildman–Crippen LogP) is 3.54. The van der Waals surface area contributed by atoms with E-state index in [1.54, 1.807) is 0 Å². The molecule has 1 aromatic heterocycles. The first kappa shape index (κ1) is 14.3. The number of anilines is 2. The largest absolute Gasteiger partial charge is 0.396 e. The van der Waals surface area contributed by atoms with E-state index in [0.29, 0.717) is 17.9 Å². The Bertz CT molecular complexity index is 538. The van der Waals surface area contributed by atoms with Gasteiger partial charge in [0.05, 0.1) is 5.69 Å². The number of nitriles is 1. The van der Waals surface area contributed by atoms with Crippen LogP contribution in [0, 0.1) is 23.2 Å². The van der Waals surface area contributed by atoms with Crippen molar-refractivity contribution in [3.63, 3.8) is 0 Å². The van der Waals surface area contributed by atoms with Gasteiger partial charge >= 0.3 is 0 Å². The Hall–Kier alpha value is -1.63. The average molecular weight is 286 g/mol. The summed E-state index contributed by atoms with van der Waals surface area (Å²) in [6.45, 7) is 6.73. The third-order valence-electron chi connectivity index (χ3n) is 5.01. The molecule has 2 aliphatic rings. The van der Waals surface area contributed by atoms with Crippen molar-refractivity contribution in [2.24, 2.45) is 11.8 Å². The molecule has 1 saturated carbocycles. The van der Waals surface area contributed by atoms with Gasteiger partial charge in [-0.3, -0.25) is 0 Å². The van der Waals surface area contributed by atoms with Gasteiger partial charge < -0.3 is 15.2 Å². The molecule has 1 aliphatic carbocycles. The summed E-state index contributed by atoms with van der Waals surface area (Å²) in [5.41, 5.74) is 7.81.